The molecular weight excluding hydrogens is 266 g/mol. The Kier molecular flexibility index (Phi) is 8.16. The van der Waals surface area contributed by atoms with E-state index in [1.54, 1.807) is 0 Å². The highest BCUT2D eigenvalue weighted by molar-refractivity contribution is 6.28. The lowest BCUT2D eigenvalue weighted by Crippen LogP contribution is -2.11. The van der Waals surface area contributed by atoms with Crippen molar-refractivity contribution in [3.05, 3.63) is 5.28 Å². The number of ether oxygens (including phenoxy) is 1. The van der Waals surface area contributed by atoms with E-state index in [-0.39, 0.29) is 5.28 Å². The second kappa shape index (κ2) is 9.75. The number of rotatable bonds is 10. The number of halogens is 1. The third-order valence-electron chi connectivity index (χ3n) is 2.33. The molecule has 0 saturated carbocycles. The molecule has 1 rings (SSSR count). The van der Waals surface area contributed by atoms with Gasteiger partial charge in [-0.15, -0.1) is 0 Å². The number of unbranched alkanes of at least 4 members (excludes halogenated alkanes) is 1. The minimum absolute atomic E-state index is 0.188. The summed E-state index contributed by atoms with van der Waals surface area (Å²) >= 11 is 5.82. The first-order valence-electron chi connectivity index (χ1n) is 6.73. The van der Waals surface area contributed by atoms with E-state index in [2.05, 4.69) is 32.5 Å². The van der Waals surface area contributed by atoms with Gasteiger partial charge in [-0.3, -0.25) is 0 Å². The van der Waals surface area contributed by atoms with Crippen LogP contribution < -0.4 is 10.6 Å². The summed E-state index contributed by atoms with van der Waals surface area (Å²) in [6, 6.07) is 0. The summed E-state index contributed by atoms with van der Waals surface area (Å²) in [5, 5.41) is 6.30. The molecule has 0 aliphatic heterocycles. The van der Waals surface area contributed by atoms with Crippen molar-refractivity contribution in [3.63, 3.8) is 0 Å². The summed E-state index contributed by atoms with van der Waals surface area (Å²) in [7, 11) is 0. The molecule has 0 aliphatic carbocycles. The molecule has 108 valence electrons. The second-order valence-electron chi connectivity index (χ2n) is 4.03. The van der Waals surface area contributed by atoms with Crippen LogP contribution >= 0.6 is 11.6 Å². The fourth-order valence-corrected chi connectivity index (χ4v) is 1.55. The summed E-state index contributed by atoms with van der Waals surface area (Å²) < 4.78 is 5.47. The minimum Gasteiger partial charge on any atom is -0.381 e. The highest BCUT2D eigenvalue weighted by atomic mass is 35.5. The molecule has 0 atom stereocenters. The molecule has 0 fully saturated rings. The minimum atomic E-state index is 0.188. The summed E-state index contributed by atoms with van der Waals surface area (Å²) in [5.74, 6) is 0.980. The average molecular weight is 288 g/mol. The van der Waals surface area contributed by atoms with E-state index in [0.29, 0.717) is 11.9 Å². The van der Waals surface area contributed by atoms with E-state index in [1.807, 2.05) is 6.92 Å². The lowest BCUT2D eigenvalue weighted by molar-refractivity contribution is 0.131. The zero-order valence-corrected chi connectivity index (χ0v) is 12.3. The molecule has 0 spiro atoms. The van der Waals surface area contributed by atoms with E-state index >= 15 is 0 Å². The van der Waals surface area contributed by atoms with Crippen molar-refractivity contribution in [1.82, 2.24) is 15.0 Å². The molecule has 1 aromatic heterocycles. The van der Waals surface area contributed by atoms with Gasteiger partial charge in [0, 0.05) is 26.3 Å². The van der Waals surface area contributed by atoms with Gasteiger partial charge < -0.3 is 15.4 Å². The van der Waals surface area contributed by atoms with Crippen molar-refractivity contribution in [2.45, 2.75) is 33.1 Å². The van der Waals surface area contributed by atoms with Gasteiger partial charge >= 0.3 is 0 Å². The number of nitrogens with zero attached hydrogens (tertiary/aromatic N) is 3. The normalized spacial score (nSPS) is 10.5. The predicted molar refractivity (Wildman–Crippen MR) is 77.8 cm³/mol. The molecule has 0 radical (unpaired) electrons. The number of anilines is 2. The Balaban J connectivity index is 2.25. The van der Waals surface area contributed by atoms with Crippen LogP contribution in [0.2, 0.25) is 5.28 Å². The fraction of sp³-hybridized carbons (Fsp3) is 0.750. The van der Waals surface area contributed by atoms with E-state index in [0.717, 1.165) is 45.6 Å². The van der Waals surface area contributed by atoms with Crippen molar-refractivity contribution in [3.8, 4) is 0 Å². The summed E-state index contributed by atoms with van der Waals surface area (Å²) in [4.78, 5) is 12.2. The van der Waals surface area contributed by atoms with Gasteiger partial charge in [-0.05, 0) is 31.4 Å². The molecular formula is C12H22ClN5O. The predicted octanol–water partition coefficient (Wildman–Crippen LogP) is 2.58. The highest BCUT2D eigenvalue weighted by Crippen LogP contribution is 2.09. The lowest BCUT2D eigenvalue weighted by Gasteiger charge is -2.07. The summed E-state index contributed by atoms with van der Waals surface area (Å²) in [6.45, 7) is 7.18. The molecule has 0 aromatic carbocycles. The van der Waals surface area contributed by atoms with Gasteiger partial charge in [-0.25, -0.2) is 0 Å². The van der Waals surface area contributed by atoms with Gasteiger partial charge in [0.25, 0.3) is 0 Å². The van der Waals surface area contributed by atoms with Crippen molar-refractivity contribution >= 4 is 23.5 Å². The van der Waals surface area contributed by atoms with Crippen LogP contribution in [0.3, 0.4) is 0 Å². The second-order valence-corrected chi connectivity index (χ2v) is 4.37. The molecule has 0 aliphatic rings. The molecule has 0 bridgehead atoms. The number of hydrogen-bond acceptors (Lipinski definition) is 6. The van der Waals surface area contributed by atoms with E-state index < -0.39 is 0 Å². The zero-order valence-electron chi connectivity index (χ0n) is 11.6. The quantitative estimate of drug-likeness (QED) is 0.645. The lowest BCUT2D eigenvalue weighted by atomic mass is 10.4. The molecule has 0 unspecified atom stereocenters. The van der Waals surface area contributed by atoms with Crippen molar-refractivity contribution < 1.29 is 4.74 Å². The zero-order chi connectivity index (χ0) is 13.9. The maximum atomic E-state index is 5.82. The van der Waals surface area contributed by atoms with Crippen LogP contribution in [-0.2, 0) is 4.74 Å². The number of nitrogens with one attached hydrogen (secondary N) is 2. The van der Waals surface area contributed by atoms with Crippen LogP contribution in [-0.4, -0.2) is 41.3 Å². The first-order valence-corrected chi connectivity index (χ1v) is 7.11. The topological polar surface area (TPSA) is 72.0 Å². The third-order valence-corrected chi connectivity index (χ3v) is 2.50. The molecule has 1 aromatic rings. The fourth-order valence-electron chi connectivity index (χ4n) is 1.39. The van der Waals surface area contributed by atoms with E-state index in [9.17, 15) is 0 Å². The van der Waals surface area contributed by atoms with Gasteiger partial charge in [0.2, 0.25) is 17.2 Å². The van der Waals surface area contributed by atoms with E-state index in [1.165, 1.54) is 0 Å². The van der Waals surface area contributed by atoms with Crippen LogP contribution in [0, 0.1) is 0 Å². The van der Waals surface area contributed by atoms with Crippen LogP contribution in [0.15, 0.2) is 0 Å². The largest absolute Gasteiger partial charge is 0.381 e. The van der Waals surface area contributed by atoms with E-state index in [4.69, 9.17) is 16.3 Å². The monoisotopic (exact) mass is 287 g/mol. The molecule has 2 N–H and O–H groups in total. The average Bonchev–Trinajstić information content (AvgIpc) is 2.37. The van der Waals surface area contributed by atoms with Crippen molar-refractivity contribution in [1.29, 1.82) is 0 Å². The number of aromatic nitrogens is 3. The van der Waals surface area contributed by atoms with Gasteiger partial charge in [0.05, 0.1) is 0 Å². The molecule has 0 saturated heterocycles. The Bertz CT molecular complexity index is 364. The third kappa shape index (κ3) is 7.12. The van der Waals surface area contributed by atoms with Crippen molar-refractivity contribution in [2.24, 2.45) is 0 Å². The van der Waals surface area contributed by atoms with Gasteiger partial charge in [0.15, 0.2) is 0 Å². The van der Waals surface area contributed by atoms with Gasteiger partial charge in [0.1, 0.15) is 0 Å². The Morgan fingerprint density at radius 3 is 2.37 bits per heavy atom. The molecule has 1 heterocycles. The van der Waals surface area contributed by atoms with Crippen LogP contribution in [0.4, 0.5) is 11.9 Å². The molecule has 7 heteroatoms. The Morgan fingerprint density at radius 1 is 1.00 bits per heavy atom. The summed E-state index contributed by atoms with van der Waals surface area (Å²) in [6.07, 6.45) is 3.18. The Morgan fingerprint density at radius 2 is 1.68 bits per heavy atom. The first kappa shape index (κ1) is 15.9. The van der Waals surface area contributed by atoms with Gasteiger partial charge in [-0.2, -0.15) is 15.0 Å². The number of hydrogen-bond donors (Lipinski definition) is 2. The van der Waals surface area contributed by atoms with Gasteiger partial charge in [-0.1, -0.05) is 13.3 Å². The standard InChI is InChI=1S/C12H22ClN5O/c1-3-5-8-19-9-6-7-15-12-17-10(13)16-11(18-12)14-4-2/h3-9H2,1-2H3,(H2,14,15,16,17,18). The maximum absolute atomic E-state index is 5.82. The highest BCUT2D eigenvalue weighted by Gasteiger charge is 2.03. The molecule has 0 amide bonds. The Hall–Kier alpha value is -1.14. The molecule has 6 nitrogen and oxygen atoms in total. The van der Waals surface area contributed by atoms with Crippen LogP contribution in [0.25, 0.3) is 0 Å². The SMILES string of the molecule is CCCCOCCCNc1nc(Cl)nc(NCC)n1. The Labute approximate surface area is 119 Å². The first-order chi connectivity index (χ1) is 9.26. The molecule has 19 heavy (non-hydrogen) atoms. The smallest absolute Gasteiger partial charge is 0.228 e. The van der Waals surface area contributed by atoms with Crippen molar-refractivity contribution in [2.75, 3.05) is 36.9 Å². The summed E-state index contributed by atoms with van der Waals surface area (Å²) in [5.41, 5.74) is 0. The van der Waals surface area contributed by atoms with Crippen LogP contribution in [0.5, 0.6) is 0 Å². The van der Waals surface area contributed by atoms with Crippen LogP contribution in [0.1, 0.15) is 33.1 Å². The maximum Gasteiger partial charge on any atom is 0.228 e.